The van der Waals surface area contributed by atoms with Crippen LogP contribution in [-0.2, 0) is 6.54 Å². The fourth-order valence-electron chi connectivity index (χ4n) is 2.22. The van der Waals surface area contributed by atoms with Crippen LogP contribution in [0.5, 0.6) is 0 Å². The lowest BCUT2D eigenvalue weighted by molar-refractivity contribution is 0.102. The van der Waals surface area contributed by atoms with Gasteiger partial charge in [-0.1, -0.05) is 15.9 Å². The molecule has 0 saturated heterocycles. The van der Waals surface area contributed by atoms with Crippen LogP contribution in [0.15, 0.2) is 63.8 Å². The number of carbonyl (C=O) groups excluding carboxylic acids is 1. The summed E-state index contributed by atoms with van der Waals surface area (Å²) in [5.41, 5.74) is 2.31. The number of hydrogen-bond donors (Lipinski definition) is 2. The maximum atomic E-state index is 12.4. The molecule has 5 nitrogen and oxygen atoms in total. The highest BCUT2D eigenvalue weighted by molar-refractivity contribution is 9.10. The Morgan fingerprint density at radius 1 is 1.25 bits per heavy atom. The Morgan fingerprint density at radius 3 is 2.88 bits per heavy atom. The van der Waals surface area contributed by atoms with Crippen molar-refractivity contribution in [1.29, 1.82) is 0 Å². The van der Waals surface area contributed by atoms with Crippen molar-refractivity contribution in [3.05, 3.63) is 76.3 Å². The van der Waals surface area contributed by atoms with Gasteiger partial charge in [0, 0.05) is 21.9 Å². The van der Waals surface area contributed by atoms with E-state index >= 15 is 0 Å². The number of amides is 1. The van der Waals surface area contributed by atoms with Gasteiger partial charge in [-0.2, -0.15) is 0 Å². The van der Waals surface area contributed by atoms with Crippen LogP contribution in [-0.4, -0.2) is 10.9 Å². The minimum absolute atomic E-state index is 0.177. The van der Waals surface area contributed by atoms with E-state index in [1.165, 1.54) is 0 Å². The Labute approximate surface area is 148 Å². The molecule has 0 aliphatic carbocycles. The van der Waals surface area contributed by atoms with Crippen LogP contribution in [0.4, 0.5) is 11.5 Å². The highest BCUT2D eigenvalue weighted by Gasteiger charge is 2.09. The highest BCUT2D eigenvalue weighted by Crippen LogP contribution is 2.21. The molecule has 2 aromatic heterocycles. The second kappa shape index (κ2) is 7.31. The van der Waals surface area contributed by atoms with E-state index in [0.29, 0.717) is 17.9 Å². The van der Waals surface area contributed by atoms with Crippen LogP contribution < -0.4 is 10.6 Å². The molecule has 0 aliphatic rings. The third-order valence-corrected chi connectivity index (χ3v) is 3.98. The highest BCUT2D eigenvalue weighted by atomic mass is 79.9. The summed E-state index contributed by atoms with van der Waals surface area (Å²) in [6.07, 6.45) is 3.22. The molecule has 0 saturated carbocycles. The van der Waals surface area contributed by atoms with Gasteiger partial charge in [-0.25, -0.2) is 4.98 Å². The number of hydrogen-bond acceptors (Lipinski definition) is 4. The second-order valence-corrected chi connectivity index (χ2v) is 6.19. The molecule has 6 heteroatoms. The van der Waals surface area contributed by atoms with Gasteiger partial charge in [-0.15, -0.1) is 0 Å². The average Bonchev–Trinajstić information content (AvgIpc) is 3.09. The van der Waals surface area contributed by atoms with Crippen LogP contribution in [0, 0.1) is 6.92 Å². The van der Waals surface area contributed by atoms with Gasteiger partial charge < -0.3 is 15.1 Å². The fraction of sp³-hybridized carbons (Fsp3) is 0.111. The molecule has 3 aromatic rings. The molecule has 24 heavy (non-hydrogen) atoms. The van der Waals surface area contributed by atoms with Crippen molar-refractivity contribution in [3.63, 3.8) is 0 Å². The molecule has 122 valence electrons. The van der Waals surface area contributed by atoms with Gasteiger partial charge in [-0.05, 0) is 55.0 Å². The summed E-state index contributed by atoms with van der Waals surface area (Å²) in [4.78, 5) is 16.7. The zero-order valence-electron chi connectivity index (χ0n) is 13.0. The molecule has 2 N–H and O–H groups in total. The third-order valence-electron chi connectivity index (χ3n) is 3.48. The van der Waals surface area contributed by atoms with Gasteiger partial charge in [0.05, 0.1) is 12.8 Å². The lowest BCUT2D eigenvalue weighted by atomic mass is 10.2. The number of aryl methyl sites for hydroxylation is 1. The molecule has 2 heterocycles. The Morgan fingerprint density at radius 2 is 2.12 bits per heavy atom. The molecule has 0 radical (unpaired) electrons. The number of anilines is 2. The summed E-state index contributed by atoms with van der Waals surface area (Å²) >= 11 is 3.41. The molecule has 1 amide bonds. The summed E-state index contributed by atoms with van der Waals surface area (Å²) in [5, 5.41) is 6.05. The Kier molecular flexibility index (Phi) is 4.96. The van der Waals surface area contributed by atoms with E-state index in [1.807, 2.05) is 37.3 Å². The summed E-state index contributed by atoms with van der Waals surface area (Å²) in [6.45, 7) is 2.46. The molecular formula is C18H16BrN3O2. The summed E-state index contributed by atoms with van der Waals surface area (Å²) in [6, 6.07) is 12.8. The van der Waals surface area contributed by atoms with Gasteiger partial charge in [-0.3, -0.25) is 4.79 Å². The summed E-state index contributed by atoms with van der Waals surface area (Å²) in [5.74, 6) is 1.24. The average molecular weight is 386 g/mol. The normalized spacial score (nSPS) is 10.4. The first kappa shape index (κ1) is 16.3. The number of halogens is 1. The molecular weight excluding hydrogens is 370 g/mol. The first-order chi connectivity index (χ1) is 11.6. The maximum absolute atomic E-state index is 12.4. The van der Waals surface area contributed by atoms with Crippen LogP contribution in [0.25, 0.3) is 0 Å². The fourth-order valence-corrected chi connectivity index (χ4v) is 2.70. The lowest BCUT2D eigenvalue weighted by Gasteiger charge is -2.10. The molecule has 1 aromatic carbocycles. The monoisotopic (exact) mass is 385 g/mol. The Hall–Kier alpha value is -2.60. The zero-order valence-corrected chi connectivity index (χ0v) is 14.6. The predicted octanol–water partition coefficient (Wildman–Crippen LogP) is 4.61. The third kappa shape index (κ3) is 4.02. The van der Waals surface area contributed by atoms with E-state index in [4.69, 9.17) is 4.42 Å². The quantitative estimate of drug-likeness (QED) is 0.672. The lowest BCUT2D eigenvalue weighted by Crippen LogP contribution is -2.13. The molecule has 0 unspecified atom stereocenters. The summed E-state index contributed by atoms with van der Waals surface area (Å²) in [7, 11) is 0. The van der Waals surface area contributed by atoms with Crippen molar-refractivity contribution in [1.82, 2.24) is 4.98 Å². The maximum Gasteiger partial charge on any atom is 0.255 e. The van der Waals surface area contributed by atoms with Crippen LogP contribution in [0.3, 0.4) is 0 Å². The molecule has 0 aliphatic heterocycles. The van der Waals surface area contributed by atoms with Crippen molar-refractivity contribution in [2.24, 2.45) is 0 Å². The number of aromatic nitrogens is 1. The van der Waals surface area contributed by atoms with E-state index in [-0.39, 0.29) is 5.91 Å². The predicted molar refractivity (Wildman–Crippen MR) is 97.1 cm³/mol. The minimum atomic E-state index is -0.177. The number of nitrogens with one attached hydrogen (secondary N) is 2. The van der Waals surface area contributed by atoms with E-state index in [2.05, 4.69) is 31.5 Å². The van der Waals surface area contributed by atoms with Crippen molar-refractivity contribution < 1.29 is 9.21 Å². The van der Waals surface area contributed by atoms with Gasteiger partial charge >= 0.3 is 0 Å². The SMILES string of the molecule is Cc1cc(Br)ccc1NC(=O)c1ccnc(NCc2ccco2)c1. The van der Waals surface area contributed by atoms with E-state index in [0.717, 1.165) is 21.5 Å². The van der Waals surface area contributed by atoms with E-state index < -0.39 is 0 Å². The van der Waals surface area contributed by atoms with Gasteiger partial charge in [0.25, 0.3) is 5.91 Å². The number of pyridine rings is 1. The Bertz CT molecular complexity index is 847. The number of rotatable bonds is 5. The topological polar surface area (TPSA) is 67.2 Å². The Balaban J connectivity index is 1.69. The minimum Gasteiger partial charge on any atom is -0.467 e. The van der Waals surface area contributed by atoms with E-state index in [9.17, 15) is 4.79 Å². The molecule has 0 fully saturated rings. The van der Waals surface area contributed by atoms with Crippen LogP contribution in [0.2, 0.25) is 0 Å². The van der Waals surface area contributed by atoms with Crippen molar-refractivity contribution in [2.75, 3.05) is 10.6 Å². The van der Waals surface area contributed by atoms with Crippen molar-refractivity contribution in [3.8, 4) is 0 Å². The van der Waals surface area contributed by atoms with Gasteiger partial charge in [0.15, 0.2) is 0 Å². The van der Waals surface area contributed by atoms with Gasteiger partial charge in [0.1, 0.15) is 11.6 Å². The second-order valence-electron chi connectivity index (χ2n) is 5.28. The zero-order chi connectivity index (χ0) is 16.9. The smallest absolute Gasteiger partial charge is 0.255 e. The van der Waals surface area contributed by atoms with Crippen LogP contribution >= 0.6 is 15.9 Å². The number of carbonyl (C=O) groups is 1. The number of nitrogens with zero attached hydrogens (tertiary/aromatic N) is 1. The van der Waals surface area contributed by atoms with Crippen molar-refractivity contribution in [2.45, 2.75) is 13.5 Å². The largest absolute Gasteiger partial charge is 0.467 e. The molecule has 0 atom stereocenters. The standard InChI is InChI=1S/C18H16BrN3O2/c1-12-9-14(19)4-5-16(12)22-18(23)13-6-7-20-17(10-13)21-11-15-3-2-8-24-15/h2-10H,11H2,1H3,(H,20,21)(H,22,23). The number of benzene rings is 1. The van der Waals surface area contributed by atoms with Crippen LogP contribution in [0.1, 0.15) is 21.7 Å². The first-order valence-corrected chi connectivity index (χ1v) is 8.21. The molecule has 0 bridgehead atoms. The molecule has 3 rings (SSSR count). The first-order valence-electron chi connectivity index (χ1n) is 7.41. The molecule has 0 spiro atoms. The van der Waals surface area contributed by atoms with Gasteiger partial charge in [0.2, 0.25) is 0 Å². The van der Waals surface area contributed by atoms with Crippen molar-refractivity contribution >= 4 is 33.3 Å². The number of furan rings is 1. The summed E-state index contributed by atoms with van der Waals surface area (Å²) < 4.78 is 6.24. The van der Waals surface area contributed by atoms with E-state index in [1.54, 1.807) is 24.6 Å².